The molecule has 33 heavy (non-hydrogen) atoms. The highest BCUT2D eigenvalue weighted by Crippen LogP contribution is 2.34. The van der Waals surface area contributed by atoms with Crippen LogP contribution in [0, 0.1) is 6.92 Å². The van der Waals surface area contributed by atoms with Crippen LogP contribution in [0.15, 0.2) is 53.8 Å². The van der Waals surface area contributed by atoms with Crippen LogP contribution in [0.3, 0.4) is 0 Å². The number of carbonyl (C=O) groups is 1. The first kappa shape index (κ1) is 25.6. The number of hydrogen-bond donors (Lipinski definition) is 0. The van der Waals surface area contributed by atoms with E-state index in [1.54, 1.807) is 31.4 Å². The molecule has 2 heterocycles. The van der Waals surface area contributed by atoms with Crippen molar-refractivity contribution in [1.82, 2.24) is 14.9 Å². The van der Waals surface area contributed by atoms with Crippen molar-refractivity contribution in [2.75, 3.05) is 29.3 Å². The summed E-state index contributed by atoms with van der Waals surface area (Å²) in [6.45, 7) is 4.23. The number of hydrogen-bond acceptors (Lipinski definition) is 6. The second kappa shape index (κ2) is 11.9. The van der Waals surface area contributed by atoms with Crippen molar-refractivity contribution < 1.29 is 9.53 Å². The van der Waals surface area contributed by atoms with Gasteiger partial charge in [0.05, 0.1) is 21.0 Å². The minimum Gasteiger partial charge on any atom is -0.487 e. The van der Waals surface area contributed by atoms with Gasteiger partial charge in [0.15, 0.2) is 0 Å². The van der Waals surface area contributed by atoms with Crippen LogP contribution < -0.4 is 9.64 Å². The Balaban J connectivity index is 1.93. The molecule has 0 aliphatic heterocycles. The number of alkyl halides is 1. The summed E-state index contributed by atoms with van der Waals surface area (Å²) >= 11 is 10.2. The molecule has 0 aliphatic carbocycles. The number of thioether (sulfide) groups is 1. The van der Waals surface area contributed by atoms with Crippen molar-refractivity contribution in [1.29, 1.82) is 0 Å². The van der Waals surface area contributed by atoms with Gasteiger partial charge in [0.1, 0.15) is 17.9 Å². The van der Waals surface area contributed by atoms with E-state index < -0.39 is 0 Å². The zero-order valence-corrected chi connectivity index (χ0v) is 22.7. The molecule has 0 fully saturated rings. The lowest BCUT2D eigenvalue weighted by Crippen LogP contribution is -2.23. The SMILES string of the molecule is C/C=C\N(CI)c1cc(C)nc2c(OCc3c(Cl)cncc3SCC(=O)N(C)C)cccc12. The van der Waals surface area contributed by atoms with Gasteiger partial charge in [-0.15, -0.1) is 11.8 Å². The van der Waals surface area contributed by atoms with Crippen LogP contribution in [-0.2, 0) is 11.4 Å². The summed E-state index contributed by atoms with van der Waals surface area (Å²) in [5, 5.41) is 1.52. The van der Waals surface area contributed by atoms with E-state index >= 15 is 0 Å². The molecule has 0 N–H and O–H groups in total. The van der Waals surface area contributed by atoms with Gasteiger partial charge in [-0.25, -0.2) is 4.98 Å². The van der Waals surface area contributed by atoms with Gasteiger partial charge in [-0.3, -0.25) is 9.78 Å². The quantitative estimate of drug-likeness (QED) is 0.129. The molecule has 3 aromatic rings. The number of anilines is 1. The molecule has 0 saturated heterocycles. The van der Waals surface area contributed by atoms with Gasteiger partial charge < -0.3 is 14.5 Å². The molecule has 0 saturated carbocycles. The molecule has 0 radical (unpaired) electrons. The molecular weight excluding hydrogens is 571 g/mol. The summed E-state index contributed by atoms with van der Waals surface area (Å²) in [4.78, 5) is 25.6. The fourth-order valence-electron chi connectivity index (χ4n) is 3.17. The number of pyridine rings is 2. The van der Waals surface area contributed by atoms with E-state index in [1.807, 2.05) is 32.1 Å². The lowest BCUT2D eigenvalue weighted by atomic mass is 10.1. The van der Waals surface area contributed by atoms with E-state index in [0.717, 1.165) is 37.3 Å². The predicted molar refractivity (Wildman–Crippen MR) is 146 cm³/mol. The zero-order valence-electron chi connectivity index (χ0n) is 19.0. The Bertz CT molecular complexity index is 1170. The maximum atomic E-state index is 12.0. The molecule has 0 aliphatic rings. The molecule has 6 nitrogen and oxygen atoms in total. The summed E-state index contributed by atoms with van der Waals surface area (Å²) in [7, 11) is 3.48. The Morgan fingerprint density at radius 3 is 2.79 bits per heavy atom. The predicted octanol–water partition coefficient (Wildman–Crippen LogP) is 6.08. The molecule has 9 heteroatoms. The average Bonchev–Trinajstić information content (AvgIpc) is 2.79. The number of aryl methyl sites for hydroxylation is 1. The first-order valence-corrected chi connectivity index (χ1v) is 13.2. The molecule has 0 bridgehead atoms. The summed E-state index contributed by atoms with van der Waals surface area (Å²) in [5.74, 6) is 1.01. The number of amides is 1. The van der Waals surface area contributed by atoms with Crippen LogP contribution in [0.5, 0.6) is 5.75 Å². The van der Waals surface area contributed by atoms with E-state index in [0.29, 0.717) is 16.5 Å². The lowest BCUT2D eigenvalue weighted by Gasteiger charge is -2.21. The number of nitrogens with zero attached hydrogens (tertiary/aromatic N) is 4. The van der Waals surface area contributed by atoms with E-state index in [2.05, 4.69) is 50.8 Å². The number of carbonyl (C=O) groups excluding carboxylic acids is 1. The maximum Gasteiger partial charge on any atom is 0.232 e. The molecule has 3 rings (SSSR count). The summed E-state index contributed by atoms with van der Waals surface area (Å²) in [5.41, 5.74) is 3.59. The Morgan fingerprint density at radius 2 is 2.09 bits per heavy atom. The molecule has 174 valence electrons. The van der Waals surface area contributed by atoms with E-state index in [9.17, 15) is 4.79 Å². The van der Waals surface area contributed by atoms with Gasteiger partial charge >= 0.3 is 0 Å². The smallest absolute Gasteiger partial charge is 0.232 e. The Hall–Kier alpha value is -2.04. The van der Waals surface area contributed by atoms with Crippen molar-refractivity contribution >= 4 is 68.5 Å². The minimum atomic E-state index is 0.0223. The Labute approximate surface area is 217 Å². The van der Waals surface area contributed by atoms with Gasteiger partial charge in [-0.05, 0) is 26.0 Å². The second-order valence-corrected chi connectivity index (χ2v) is 9.58. The van der Waals surface area contributed by atoms with Crippen molar-refractivity contribution in [3.8, 4) is 5.75 Å². The highest BCUT2D eigenvalue weighted by molar-refractivity contribution is 14.1. The topological polar surface area (TPSA) is 58.6 Å². The largest absolute Gasteiger partial charge is 0.487 e. The standard InChI is InChI=1S/C24H26ClIN4O2S/c1-5-9-30(15-26)20-10-16(2)28-24-17(20)7-6-8-21(24)32-13-18-19(25)11-27-12-22(18)33-14-23(31)29(3)4/h5-12H,13-15H2,1-4H3/b9-5-. The maximum absolute atomic E-state index is 12.0. The first-order valence-electron chi connectivity index (χ1n) is 10.3. The van der Waals surface area contributed by atoms with Gasteiger partial charge in [0.2, 0.25) is 5.91 Å². The van der Waals surface area contributed by atoms with Crippen molar-refractivity contribution in [3.63, 3.8) is 0 Å². The lowest BCUT2D eigenvalue weighted by molar-refractivity contribution is -0.125. The third-order valence-corrected chi connectivity index (χ3v) is 6.98. The fraction of sp³-hybridized carbons (Fsp3) is 0.292. The molecule has 0 atom stereocenters. The molecular formula is C24H26ClIN4O2S. The van der Waals surface area contributed by atoms with Crippen molar-refractivity contribution in [2.24, 2.45) is 0 Å². The van der Waals surface area contributed by atoms with Gasteiger partial charge in [0.25, 0.3) is 0 Å². The van der Waals surface area contributed by atoms with E-state index in [1.165, 1.54) is 11.8 Å². The number of aromatic nitrogens is 2. The highest BCUT2D eigenvalue weighted by atomic mass is 127. The highest BCUT2D eigenvalue weighted by Gasteiger charge is 2.16. The minimum absolute atomic E-state index is 0.0223. The summed E-state index contributed by atoms with van der Waals surface area (Å²) in [6.07, 6.45) is 7.39. The third kappa shape index (κ3) is 6.30. The van der Waals surface area contributed by atoms with Crippen molar-refractivity contribution in [3.05, 3.63) is 65.2 Å². The molecule has 2 aromatic heterocycles. The third-order valence-electron chi connectivity index (χ3n) is 4.86. The van der Waals surface area contributed by atoms with Crippen LogP contribution in [-0.4, -0.2) is 45.2 Å². The van der Waals surface area contributed by atoms with Crippen molar-refractivity contribution in [2.45, 2.75) is 25.3 Å². The van der Waals surface area contributed by atoms with Crippen LogP contribution in [0.2, 0.25) is 5.02 Å². The molecule has 1 amide bonds. The second-order valence-electron chi connectivity index (χ2n) is 7.47. The van der Waals surface area contributed by atoms with Gasteiger partial charge in [0, 0.05) is 54.2 Å². The number of allylic oxidation sites excluding steroid dienone is 1. The summed E-state index contributed by atoms with van der Waals surface area (Å²) in [6, 6.07) is 8.03. The Morgan fingerprint density at radius 1 is 1.30 bits per heavy atom. The fourth-order valence-corrected chi connectivity index (χ4v) is 5.05. The average molecular weight is 597 g/mol. The number of rotatable bonds is 9. The number of halogens is 2. The van der Waals surface area contributed by atoms with Gasteiger partial charge in [-0.1, -0.05) is 52.4 Å². The van der Waals surface area contributed by atoms with Crippen LogP contribution in [0.1, 0.15) is 18.2 Å². The van der Waals surface area contributed by atoms with E-state index in [-0.39, 0.29) is 12.5 Å². The molecule has 0 unspecified atom stereocenters. The Kier molecular flexibility index (Phi) is 9.22. The molecule has 1 aromatic carbocycles. The van der Waals surface area contributed by atoms with Crippen LogP contribution >= 0.6 is 46.0 Å². The number of benzene rings is 1. The summed E-state index contributed by atoms with van der Waals surface area (Å²) < 4.78 is 7.05. The zero-order chi connectivity index (χ0) is 24.0. The normalized spacial score (nSPS) is 11.2. The van der Waals surface area contributed by atoms with Crippen LogP contribution in [0.4, 0.5) is 5.69 Å². The number of para-hydroxylation sites is 1. The number of ether oxygens (including phenoxy) is 1. The number of fused-ring (bicyclic) bond motifs is 1. The monoisotopic (exact) mass is 596 g/mol. The molecule has 0 spiro atoms. The van der Waals surface area contributed by atoms with Crippen LogP contribution in [0.25, 0.3) is 10.9 Å². The van der Waals surface area contributed by atoms with Gasteiger partial charge in [-0.2, -0.15) is 0 Å². The first-order chi connectivity index (χ1) is 15.8. The van der Waals surface area contributed by atoms with E-state index in [4.69, 9.17) is 21.3 Å².